The van der Waals surface area contributed by atoms with E-state index in [1.807, 2.05) is 0 Å². The first-order valence-electron chi connectivity index (χ1n) is 3.12. The smallest absolute Gasteiger partial charge is 0.0214 e. The number of halogens is 1. The summed E-state index contributed by atoms with van der Waals surface area (Å²) in [6.45, 7) is 8.56. The van der Waals surface area contributed by atoms with E-state index in [0.717, 1.165) is 6.42 Å². The summed E-state index contributed by atoms with van der Waals surface area (Å²) in [5.41, 5.74) is 0. The summed E-state index contributed by atoms with van der Waals surface area (Å²) in [5, 5.41) is 0. The van der Waals surface area contributed by atoms with Gasteiger partial charge in [0.05, 0.1) is 0 Å². The first-order chi connectivity index (χ1) is 3.71. The molecule has 2 heteroatoms. The zero-order valence-electron chi connectivity index (χ0n) is 6.53. The molecule has 0 aliphatic rings. The van der Waals surface area contributed by atoms with Gasteiger partial charge in [0, 0.05) is 9.07 Å². The Balaban J connectivity index is 3.75. The minimum Gasteiger partial charge on any atom is -0.173 e. The third-order valence-corrected chi connectivity index (χ3v) is 1.29. The zero-order chi connectivity index (χ0) is 7.71. The largest absolute Gasteiger partial charge is 0.173 e. The molecule has 0 radical (unpaired) electrons. The monoisotopic (exact) mass is 210 g/mol. The van der Waals surface area contributed by atoms with E-state index in [-0.39, 0.29) is 9.07 Å². The molecule has 0 saturated carbocycles. The van der Waals surface area contributed by atoms with Crippen molar-refractivity contribution in [2.24, 2.45) is 0 Å². The van der Waals surface area contributed by atoms with Crippen molar-refractivity contribution < 1.29 is 0 Å². The van der Waals surface area contributed by atoms with E-state index in [4.69, 9.17) is 0 Å². The standard InChI is InChI=1S/C7H15BrS/c1-6(2,8)5-7(3,4)9/h9H,5H2,1-4H3. The van der Waals surface area contributed by atoms with Gasteiger partial charge in [-0.25, -0.2) is 0 Å². The van der Waals surface area contributed by atoms with Crippen LogP contribution >= 0.6 is 28.6 Å². The van der Waals surface area contributed by atoms with Crippen LogP contribution in [0.4, 0.5) is 0 Å². The Morgan fingerprint density at radius 3 is 1.56 bits per heavy atom. The molecule has 0 unspecified atom stereocenters. The van der Waals surface area contributed by atoms with Gasteiger partial charge in [0.15, 0.2) is 0 Å². The van der Waals surface area contributed by atoms with Crippen molar-refractivity contribution in [2.45, 2.75) is 43.2 Å². The van der Waals surface area contributed by atoms with Gasteiger partial charge in [-0.1, -0.05) is 43.6 Å². The quantitative estimate of drug-likeness (QED) is 0.526. The van der Waals surface area contributed by atoms with Crippen LogP contribution in [0.15, 0.2) is 0 Å². The molecular formula is C7H15BrS. The van der Waals surface area contributed by atoms with E-state index in [9.17, 15) is 0 Å². The van der Waals surface area contributed by atoms with Crippen LogP contribution in [0.5, 0.6) is 0 Å². The number of hydrogen-bond donors (Lipinski definition) is 1. The summed E-state index contributed by atoms with van der Waals surface area (Å²) in [6, 6.07) is 0. The fourth-order valence-corrected chi connectivity index (χ4v) is 2.34. The molecule has 0 N–H and O–H groups in total. The van der Waals surface area contributed by atoms with Crippen LogP contribution in [0.1, 0.15) is 34.1 Å². The van der Waals surface area contributed by atoms with Crippen molar-refractivity contribution in [3.8, 4) is 0 Å². The molecule has 0 aromatic carbocycles. The number of hydrogen-bond acceptors (Lipinski definition) is 1. The minimum atomic E-state index is 0.132. The fraction of sp³-hybridized carbons (Fsp3) is 1.00. The average molecular weight is 211 g/mol. The summed E-state index contributed by atoms with van der Waals surface area (Å²) in [5.74, 6) is 0. The van der Waals surface area contributed by atoms with E-state index in [2.05, 4.69) is 56.3 Å². The molecule has 0 bridgehead atoms. The Kier molecular flexibility index (Phi) is 3.09. The number of thiol groups is 1. The van der Waals surface area contributed by atoms with Gasteiger partial charge in [0.2, 0.25) is 0 Å². The van der Waals surface area contributed by atoms with Gasteiger partial charge >= 0.3 is 0 Å². The molecule has 0 aromatic rings. The molecule has 56 valence electrons. The maximum absolute atomic E-state index is 4.42. The Hall–Kier alpha value is 0.830. The topological polar surface area (TPSA) is 0 Å². The normalized spacial score (nSPS) is 14.0. The van der Waals surface area contributed by atoms with Gasteiger partial charge in [0.1, 0.15) is 0 Å². The van der Waals surface area contributed by atoms with Crippen molar-refractivity contribution in [1.29, 1.82) is 0 Å². The van der Waals surface area contributed by atoms with Gasteiger partial charge in [-0.3, -0.25) is 0 Å². The summed E-state index contributed by atoms with van der Waals surface area (Å²) < 4.78 is 0.352. The summed E-state index contributed by atoms with van der Waals surface area (Å²) in [6.07, 6.45) is 1.07. The lowest BCUT2D eigenvalue weighted by atomic mass is 10.00. The van der Waals surface area contributed by atoms with Gasteiger partial charge in [-0.2, -0.15) is 12.6 Å². The maximum Gasteiger partial charge on any atom is 0.0214 e. The van der Waals surface area contributed by atoms with E-state index < -0.39 is 0 Å². The van der Waals surface area contributed by atoms with Crippen LogP contribution in [0.3, 0.4) is 0 Å². The van der Waals surface area contributed by atoms with Crippen LogP contribution < -0.4 is 0 Å². The van der Waals surface area contributed by atoms with Crippen LogP contribution in [-0.2, 0) is 0 Å². The third-order valence-electron chi connectivity index (χ3n) is 0.853. The molecule has 0 rings (SSSR count). The summed E-state index contributed by atoms with van der Waals surface area (Å²) in [4.78, 5) is 0. The van der Waals surface area contributed by atoms with E-state index in [1.165, 1.54) is 0 Å². The van der Waals surface area contributed by atoms with Crippen molar-refractivity contribution in [1.82, 2.24) is 0 Å². The van der Waals surface area contributed by atoms with Crippen molar-refractivity contribution in [3.63, 3.8) is 0 Å². The molecular weight excluding hydrogens is 196 g/mol. The Labute approximate surface area is 72.0 Å². The van der Waals surface area contributed by atoms with Crippen LogP contribution in [0.25, 0.3) is 0 Å². The lowest BCUT2D eigenvalue weighted by Gasteiger charge is -2.26. The fourth-order valence-electron chi connectivity index (χ4n) is 1.03. The highest BCUT2D eigenvalue weighted by atomic mass is 79.9. The molecule has 0 atom stereocenters. The summed E-state index contributed by atoms with van der Waals surface area (Å²) >= 11 is 7.98. The molecule has 9 heavy (non-hydrogen) atoms. The third kappa shape index (κ3) is 8.83. The zero-order valence-corrected chi connectivity index (χ0v) is 9.01. The Morgan fingerprint density at radius 2 is 1.56 bits per heavy atom. The predicted octanol–water partition coefficient (Wildman–Crippen LogP) is 3.26. The average Bonchev–Trinajstić information content (AvgIpc) is 1.14. The molecule has 0 saturated heterocycles. The molecule has 0 aliphatic heterocycles. The molecule has 0 spiro atoms. The van der Waals surface area contributed by atoms with Gasteiger partial charge in [-0.05, 0) is 6.42 Å². The minimum absolute atomic E-state index is 0.132. The second kappa shape index (κ2) is 2.83. The maximum atomic E-state index is 4.42. The van der Waals surface area contributed by atoms with Gasteiger partial charge < -0.3 is 0 Å². The SMILES string of the molecule is CC(C)(S)CC(C)(C)Br. The Morgan fingerprint density at radius 1 is 1.22 bits per heavy atom. The Bertz CT molecular complexity index is 74.1. The van der Waals surface area contributed by atoms with Crippen LogP contribution in [0.2, 0.25) is 0 Å². The van der Waals surface area contributed by atoms with Crippen molar-refractivity contribution in [2.75, 3.05) is 0 Å². The second-order valence-electron chi connectivity index (χ2n) is 3.71. The second-order valence-corrected chi connectivity index (χ2v) is 7.07. The van der Waals surface area contributed by atoms with Gasteiger partial charge in [-0.15, -0.1) is 0 Å². The molecule has 0 heterocycles. The predicted molar refractivity (Wildman–Crippen MR) is 50.7 cm³/mol. The van der Waals surface area contributed by atoms with Crippen LogP contribution in [0, 0.1) is 0 Å². The van der Waals surface area contributed by atoms with E-state index in [0.29, 0.717) is 0 Å². The van der Waals surface area contributed by atoms with Crippen LogP contribution in [-0.4, -0.2) is 9.07 Å². The molecule has 0 aliphatic carbocycles. The van der Waals surface area contributed by atoms with Crippen molar-refractivity contribution in [3.05, 3.63) is 0 Å². The van der Waals surface area contributed by atoms with E-state index >= 15 is 0 Å². The first-order valence-corrected chi connectivity index (χ1v) is 4.36. The first kappa shape index (κ1) is 9.83. The number of alkyl halides is 1. The highest BCUT2D eigenvalue weighted by Gasteiger charge is 2.22. The molecule has 0 aromatic heterocycles. The highest BCUT2D eigenvalue weighted by molar-refractivity contribution is 9.10. The van der Waals surface area contributed by atoms with Crippen molar-refractivity contribution >= 4 is 28.6 Å². The van der Waals surface area contributed by atoms with E-state index in [1.54, 1.807) is 0 Å². The summed E-state index contributed by atoms with van der Waals surface area (Å²) in [7, 11) is 0. The van der Waals surface area contributed by atoms with Gasteiger partial charge in [0.25, 0.3) is 0 Å². The lowest BCUT2D eigenvalue weighted by Crippen LogP contribution is -2.23. The molecule has 0 nitrogen and oxygen atoms in total. The number of rotatable bonds is 2. The molecule has 0 amide bonds. The highest BCUT2D eigenvalue weighted by Crippen LogP contribution is 2.30. The molecule has 0 fully saturated rings. The lowest BCUT2D eigenvalue weighted by molar-refractivity contribution is 0.553.